The molecule has 2 unspecified atom stereocenters. The summed E-state index contributed by atoms with van der Waals surface area (Å²) in [6, 6.07) is 24.2. The third kappa shape index (κ3) is 5.13. The average molecular weight is 335 g/mol. The fourth-order valence-corrected chi connectivity index (χ4v) is 3.06. The Hall–Kier alpha value is -2.20. The maximum atomic E-state index is 10.2. The van der Waals surface area contributed by atoms with Gasteiger partial charge in [0.1, 0.15) is 0 Å². The minimum Gasteiger partial charge on any atom is -0.391 e. The van der Waals surface area contributed by atoms with Gasteiger partial charge in [0, 0.05) is 6.54 Å². The second-order valence-corrected chi connectivity index (χ2v) is 6.46. The number of hydrogen-bond donors (Lipinski definition) is 3. The molecule has 2 atom stereocenters. The molecule has 0 aliphatic carbocycles. The molecule has 0 aliphatic heterocycles. The van der Waals surface area contributed by atoms with Gasteiger partial charge >= 0.3 is 0 Å². The van der Waals surface area contributed by atoms with Crippen molar-refractivity contribution in [1.82, 2.24) is 5.32 Å². The van der Waals surface area contributed by atoms with Crippen LogP contribution in [0.25, 0.3) is 10.8 Å². The Balaban J connectivity index is 1.42. The molecule has 0 radical (unpaired) electrons. The van der Waals surface area contributed by atoms with Crippen molar-refractivity contribution in [2.45, 2.75) is 25.0 Å². The van der Waals surface area contributed by atoms with E-state index < -0.39 is 12.2 Å². The maximum Gasteiger partial charge on any atom is 0.0802 e. The van der Waals surface area contributed by atoms with Crippen LogP contribution in [0.1, 0.15) is 23.7 Å². The van der Waals surface area contributed by atoms with Gasteiger partial charge in [-0.3, -0.25) is 0 Å². The summed E-state index contributed by atoms with van der Waals surface area (Å²) in [4.78, 5) is 0. The fourth-order valence-electron chi connectivity index (χ4n) is 3.06. The van der Waals surface area contributed by atoms with Crippen LogP contribution in [0.3, 0.4) is 0 Å². The van der Waals surface area contributed by atoms with Crippen LogP contribution >= 0.6 is 0 Å². The van der Waals surface area contributed by atoms with Gasteiger partial charge in [0.25, 0.3) is 0 Å². The summed E-state index contributed by atoms with van der Waals surface area (Å²) >= 11 is 0. The van der Waals surface area contributed by atoms with E-state index in [0.29, 0.717) is 25.9 Å². The lowest BCUT2D eigenvalue weighted by Crippen LogP contribution is -2.29. The van der Waals surface area contributed by atoms with Gasteiger partial charge in [-0.05, 0) is 41.3 Å². The number of benzene rings is 3. The summed E-state index contributed by atoms with van der Waals surface area (Å²) in [6.45, 7) is 1.19. The number of aliphatic hydroxyl groups is 2. The predicted octanol–water partition coefficient (Wildman–Crippen LogP) is 3.46. The van der Waals surface area contributed by atoms with E-state index in [9.17, 15) is 10.2 Å². The van der Waals surface area contributed by atoms with E-state index >= 15 is 0 Å². The molecule has 3 nitrogen and oxygen atoms in total. The molecule has 3 aromatic rings. The van der Waals surface area contributed by atoms with Crippen LogP contribution in [0, 0.1) is 0 Å². The first kappa shape index (κ1) is 17.6. The van der Waals surface area contributed by atoms with Gasteiger partial charge in [-0.1, -0.05) is 72.8 Å². The van der Waals surface area contributed by atoms with Gasteiger partial charge < -0.3 is 15.5 Å². The van der Waals surface area contributed by atoms with Crippen molar-refractivity contribution in [2.24, 2.45) is 0 Å². The first-order valence-electron chi connectivity index (χ1n) is 8.82. The zero-order valence-electron chi connectivity index (χ0n) is 14.3. The van der Waals surface area contributed by atoms with Gasteiger partial charge in [-0.25, -0.2) is 0 Å². The molecule has 25 heavy (non-hydrogen) atoms. The lowest BCUT2D eigenvalue weighted by atomic mass is 10.0. The van der Waals surface area contributed by atoms with E-state index in [1.165, 1.54) is 10.8 Å². The Labute approximate surface area is 148 Å². The highest BCUT2D eigenvalue weighted by atomic mass is 16.3. The largest absolute Gasteiger partial charge is 0.391 e. The average Bonchev–Trinajstić information content (AvgIpc) is 2.65. The number of hydrogen-bond acceptors (Lipinski definition) is 3. The molecular formula is C22H25NO2. The van der Waals surface area contributed by atoms with Crippen molar-refractivity contribution in [3.63, 3.8) is 0 Å². The van der Waals surface area contributed by atoms with E-state index in [1.807, 2.05) is 42.5 Å². The van der Waals surface area contributed by atoms with Crippen LogP contribution < -0.4 is 5.32 Å². The molecule has 130 valence electrons. The molecule has 3 N–H and O–H groups in total. The monoisotopic (exact) mass is 335 g/mol. The molecule has 0 saturated carbocycles. The lowest BCUT2D eigenvalue weighted by molar-refractivity contribution is 0.153. The summed E-state index contributed by atoms with van der Waals surface area (Å²) in [7, 11) is 0. The second kappa shape index (κ2) is 8.77. The standard InChI is InChI=1S/C22H25NO2/c24-21(15-17-10-11-18-6-4-5-9-20(18)14-17)16-23-13-12-22(25)19-7-2-1-3-8-19/h1-11,14,21-25H,12-13,15-16H2. The molecule has 0 aliphatic rings. The molecule has 3 heteroatoms. The van der Waals surface area contributed by atoms with Crippen molar-refractivity contribution in [3.8, 4) is 0 Å². The Morgan fingerprint density at radius 2 is 1.52 bits per heavy atom. The highest BCUT2D eigenvalue weighted by Gasteiger charge is 2.08. The molecule has 0 saturated heterocycles. The smallest absolute Gasteiger partial charge is 0.0802 e. The molecule has 0 fully saturated rings. The van der Waals surface area contributed by atoms with Crippen LogP contribution in [0.15, 0.2) is 72.8 Å². The van der Waals surface area contributed by atoms with Gasteiger partial charge in [-0.15, -0.1) is 0 Å². The van der Waals surface area contributed by atoms with Crippen molar-refractivity contribution in [3.05, 3.63) is 83.9 Å². The Morgan fingerprint density at radius 3 is 2.32 bits per heavy atom. The molecule has 0 heterocycles. The van der Waals surface area contributed by atoms with Crippen LogP contribution in [0.2, 0.25) is 0 Å². The minimum atomic E-state index is -0.466. The number of aliphatic hydroxyl groups excluding tert-OH is 2. The van der Waals surface area contributed by atoms with Crippen molar-refractivity contribution >= 4 is 10.8 Å². The normalized spacial score (nSPS) is 13.7. The van der Waals surface area contributed by atoms with E-state index in [2.05, 4.69) is 35.6 Å². The molecule has 0 aromatic heterocycles. The van der Waals surface area contributed by atoms with Gasteiger partial charge in [0.05, 0.1) is 12.2 Å². The summed E-state index contributed by atoms with van der Waals surface area (Å²) in [5, 5.41) is 26.0. The first-order valence-corrected chi connectivity index (χ1v) is 8.82. The molecule has 3 rings (SSSR count). The molecule has 3 aromatic carbocycles. The Morgan fingerprint density at radius 1 is 0.800 bits per heavy atom. The van der Waals surface area contributed by atoms with E-state index in [0.717, 1.165) is 11.1 Å². The zero-order valence-corrected chi connectivity index (χ0v) is 14.3. The van der Waals surface area contributed by atoms with Crippen molar-refractivity contribution < 1.29 is 10.2 Å². The van der Waals surface area contributed by atoms with Crippen LogP contribution in [-0.2, 0) is 6.42 Å². The Kier molecular flexibility index (Phi) is 6.18. The topological polar surface area (TPSA) is 52.5 Å². The minimum absolute atomic E-state index is 0.435. The van der Waals surface area contributed by atoms with Crippen molar-refractivity contribution in [1.29, 1.82) is 0 Å². The van der Waals surface area contributed by atoms with Gasteiger partial charge in [0.15, 0.2) is 0 Å². The summed E-state index contributed by atoms with van der Waals surface area (Å²) in [6.07, 6.45) is 0.354. The SMILES string of the molecule is OC(CNCCC(O)c1ccccc1)Cc1ccc2ccccc2c1. The van der Waals surface area contributed by atoms with Gasteiger partial charge in [0.2, 0.25) is 0 Å². The van der Waals surface area contributed by atoms with E-state index in [-0.39, 0.29) is 0 Å². The maximum absolute atomic E-state index is 10.2. The predicted molar refractivity (Wildman–Crippen MR) is 103 cm³/mol. The van der Waals surface area contributed by atoms with Crippen LogP contribution in [-0.4, -0.2) is 29.4 Å². The third-order valence-corrected chi connectivity index (χ3v) is 4.44. The van der Waals surface area contributed by atoms with E-state index in [4.69, 9.17) is 0 Å². The number of fused-ring (bicyclic) bond motifs is 1. The first-order chi connectivity index (χ1) is 12.2. The van der Waals surface area contributed by atoms with E-state index in [1.54, 1.807) is 0 Å². The summed E-state index contributed by atoms with van der Waals surface area (Å²) in [5.41, 5.74) is 2.07. The highest BCUT2D eigenvalue weighted by molar-refractivity contribution is 5.82. The molecule has 0 spiro atoms. The van der Waals surface area contributed by atoms with Gasteiger partial charge in [-0.2, -0.15) is 0 Å². The highest BCUT2D eigenvalue weighted by Crippen LogP contribution is 2.17. The second-order valence-electron chi connectivity index (χ2n) is 6.46. The molecular weight excluding hydrogens is 310 g/mol. The third-order valence-electron chi connectivity index (χ3n) is 4.44. The van der Waals surface area contributed by atoms with Crippen molar-refractivity contribution in [2.75, 3.05) is 13.1 Å². The summed E-state index contributed by atoms with van der Waals surface area (Å²) in [5.74, 6) is 0. The van der Waals surface area contributed by atoms with Crippen LogP contribution in [0.4, 0.5) is 0 Å². The zero-order chi connectivity index (χ0) is 17.5. The fraction of sp³-hybridized carbons (Fsp3) is 0.273. The lowest BCUT2D eigenvalue weighted by Gasteiger charge is -2.14. The Bertz CT molecular complexity index is 788. The number of rotatable bonds is 8. The molecule has 0 bridgehead atoms. The molecule has 0 amide bonds. The van der Waals surface area contributed by atoms with Crippen LogP contribution in [0.5, 0.6) is 0 Å². The quantitative estimate of drug-likeness (QED) is 0.553. The summed E-state index contributed by atoms with van der Waals surface area (Å²) < 4.78 is 0. The number of nitrogens with one attached hydrogen (secondary N) is 1.